The van der Waals surface area contributed by atoms with E-state index in [4.69, 9.17) is 0 Å². The maximum atomic E-state index is 12.6. The summed E-state index contributed by atoms with van der Waals surface area (Å²) < 4.78 is 1.89. The van der Waals surface area contributed by atoms with E-state index in [-0.39, 0.29) is 5.91 Å². The van der Waals surface area contributed by atoms with Crippen LogP contribution in [0.1, 0.15) is 43.6 Å². The second kappa shape index (κ2) is 5.07. The van der Waals surface area contributed by atoms with Gasteiger partial charge in [-0.1, -0.05) is 6.92 Å². The molecule has 1 fully saturated rings. The van der Waals surface area contributed by atoms with Crippen molar-refractivity contribution in [2.75, 3.05) is 6.54 Å². The number of carbonyl (C=O) groups is 2. The van der Waals surface area contributed by atoms with Crippen molar-refractivity contribution >= 4 is 11.9 Å². The summed E-state index contributed by atoms with van der Waals surface area (Å²) in [6, 6.07) is 3.59. The van der Waals surface area contributed by atoms with E-state index in [0.717, 1.165) is 19.4 Å². The summed E-state index contributed by atoms with van der Waals surface area (Å²) in [4.78, 5) is 25.5. The molecular weight excluding hydrogens is 244 g/mol. The third-order valence-corrected chi connectivity index (χ3v) is 3.86. The lowest BCUT2D eigenvalue weighted by atomic mass is 9.99. The minimum atomic E-state index is -1.07. The largest absolute Gasteiger partial charge is 0.480 e. The lowest BCUT2D eigenvalue weighted by Gasteiger charge is -2.31. The van der Waals surface area contributed by atoms with Crippen LogP contribution >= 0.6 is 0 Å². The molecule has 1 N–H and O–H groups in total. The van der Waals surface area contributed by atoms with Crippen molar-refractivity contribution in [3.63, 3.8) is 0 Å². The predicted octanol–water partition coefficient (Wildman–Crippen LogP) is 1.98. The molecule has 0 radical (unpaired) electrons. The number of rotatable bonds is 4. The van der Waals surface area contributed by atoms with Gasteiger partial charge in [-0.05, 0) is 38.3 Å². The fraction of sp³-hybridized carbons (Fsp3) is 0.571. The molecule has 5 heteroatoms. The molecule has 1 unspecified atom stereocenters. The Morgan fingerprint density at radius 1 is 1.47 bits per heavy atom. The molecule has 1 aliphatic rings. The Bertz CT molecular complexity index is 495. The van der Waals surface area contributed by atoms with Gasteiger partial charge in [-0.2, -0.15) is 0 Å². The van der Waals surface area contributed by atoms with E-state index in [9.17, 15) is 14.7 Å². The van der Waals surface area contributed by atoms with Crippen LogP contribution in [0.3, 0.4) is 0 Å². The van der Waals surface area contributed by atoms with Crippen LogP contribution in [0.4, 0.5) is 0 Å². The molecule has 1 aromatic rings. The van der Waals surface area contributed by atoms with Gasteiger partial charge in [0.05, 0.1) is 0 Å². The van der Waals surface area contributed by atoms with E-state index >= 15 is 0 Å². The number of aryl methyl sites for hydroxylation is 1. The summed E-state index contributed by atoms with van der Waals surface area (Å²) >= 11 is 0. The third kappa shape index (κ3) is 2.25. The highest BCUT2D eigenvalue weighted by Gasteiger charge is 2.46. The number of carboxylic acids is 1. The molecule has 1 aliphatic heterocycles. The van der Waals surface area contributed by atoms with Crippen LogP contribution in [-0.4, -0.2) is 38.5 Å². The molecule has 1 atom stereocenters. The smallest absolute Gasteiger partial charge is 0.329 e. The number of amides is 1. The fourth-order valence-electron chi connectivity index (χ4n) is 2.69. The number of aliphatic carboxylic acids is 1. The molecular formula is C14H20N2O3. The van der Waals surface area contributed by atoms with Gasteiger partial charge in [-0.15, -0.1) is 0 Å². The zero-order valence-corrected chi connectivity index (χ0v) is 11.4. The third-order valence-electron chi connectivity index (χ3n) is 3.86. The van der Waals surface area contributed by atoms with Gasteiger partial charge in [0.25, 0.3) is 5.91 Å². The Morgan fingerprint density at radius 2 is 2.21 bits per heavy atom. The van der Waals surface area contributed by atoms with Crippen LogP contribution in [-0.2, 0) is 11.3 Å². The Labute approximate surface area is 112 Å². The highest BCUT2D eigenvalue weighted by Crippen LogP contribution is 2.30. The second-order valence-corrected chi connectivity index (χ2v) is 5.23. The molecule has 1 saturated heterocycles. The molecule has 1 amide bonds. The number of likely N-dealkylation sites (tertiary alicyclic amines) is 1. The van der Waals surface area contributed by atoms with E-state index in [1.807, 2.05) is 23.8 Å². The van der Waals surface area contributed by atoms with E-state index < -0.39 is 11.5 Å². The molecule has 0 aliphatic carbocycles. The van der Waals surface area contributed by atoms with E-state index in [0.29, 0.717) is 18.7 Å². The van der Waals surface area contributed by atoms with Gasteiger partial charge in [-0.25, -0.2) is 4.79 Å². The Hall–Kier alpha value is -1.78. The van der Waals surface area contributed by atoms with Gasteiger partial charge in [-0.3, -0.25) is 4.79 Å². The first-order chi connectivity index (χ1) is 9.00. The van der Waals surface area contributed by atoms with E-state index in [1.165, 1.54) is 4.90 Å². The number of hydrogen-bond acceptors (Lipinski definition) is 2. The van der Waals surface area contributed by atoms with Crippen molar-refractivity contribution < 1.29 is 14.7 Å². The van der Waals surface area contributed by atoms with Gasteiger partial charge in [0.15, 0.2) is 0 Å². The van der Waals surface area contributed by atoms with Gasteiger partial charge >= 0.3 is 5.97 Å². The van der Waals surface area contributed by atoms with Crippen LogP contribution < -0.4 is 0 Å². The molecule has 104 valence electrons. The minimum Gasteiger partial charge on any atom is -0.480 e. The number of aromatic nitrogens is 1. The lowest BCUT2D eigenvalue weighted by molar-refractivity contribution is -0.147. The maximum Gasteiger partial charge on any atom is 0.329 e. The lowest BCUT2D eigenvalue weighted by Crippen LogP contribution is -2.51. The van der Waals surface area contributed by atoms with E-state index in [1.54, 1.807) is 13.0 Å². The molecule has 2 heterocycles. The van der Waals surface area contributed by atoms with Gasteiger partial charge < -0.3 is 14.6 Å². The monoisotopic (exact) mass is 264 g/mol. The molecule has 19 heavy (non-hydrogen) atoms. The van der Waals surface area contributed by atoms with Crippen molar-refractivity contribution in [2.45, 2.75) is 45.2 Å². The first-order valence-electron chi connectivity index (χ1n) is 6.71. The topological polar surface area (TPSA) is 62.5 Å². The van der Waals surface area contributed by atoms with Gasteiger partial charge in [0, 0.05) is 19.3 Å². The zero-order valence-electron chi connectivity index (χ0n) is 11.4. The summed E-state index contributed by atoms with van der Waals surface area (Å²) in [5, 5.41) is 9.36. The molecule has 0 saturated carbocycles. The van der Waals surface area contributed by atoms with Crippen molar-refractivity contribution in [3.05, 3.63) is 24.0 Å². The molecule has 0 aromatic carbocycles. The highest BCUT2D eigenvalue weighted by atomic mass is 16.4. The molecule has 0 spiro atoms. The number of nitrogens with zero attached hydrogens (tertiary/aromatic N) is 2. The molecule has 1 aromatic heterocycles. The number of carboxylic acid groups (broad SMARTS) is 1. The summed E-state index contributed by atoms with van der Waals surface area (Å²) in [5.74, 6) is -1.10. The SMILES string of the molecule is CCCn1cccc1C(=O)N1CCCC1(C)C(=O)O. The van der Waals surface area contributed by atoms with Crippen LogP contribution in [0.25, 0.3) is 0 Å². The standard InChI is InChI=1S/C14H20N2O3/c1-3-8-15-9-4-6-11(15)12(17)16-10-5-7-14(16,2)13(18)19/h4,6,9H,3,5,7-8,10H2,1-2H3,(H,18,19). The average Bonchev–Trinajstić information content (AvgIpc) is 2.96. The van der Waals surface area contributed by atoms with Crippen molar-refractivity contribution in [3.8, 4) is 0 Å². The first kappa shape index (κ1) is 13.6. The maximum absolute atomic E-state index is 12.6. The molecule has 0 bridgehead atoms. The Balaban J connectivity index is 2.28. The van der Waals surface area contributed by atoms with Gasteiger partial charge in [0.2, 0.25) is 0 Å². The highest BCUT2D eigenvalue weighted by molar-refractivity contribution is 5.97. The quantitative estimate of drug-likeness (QED) is 0.904. The Morgan fingerprint density at radius 3 is 2.84 bits per heavy atom. The van der Waals surface area contributed by atoms with Crippen molar-refractivity contribution in [1.29, 1.82) is 0 Å². The number of carbonyl (C=O) groups excluding carboxylic acids is 1. The normalized spacial score (nSPS) is 22.7. The Kier molecular flexibility index (Phi) is 3.64. The summed E-state index contributed by atoms with van der Waals surface area (Å²) in [5.41, 5.74) is -0.491. The summed E-state index contributed by atoms with van der Waals surface area (Å²) in [6.45, 7) is 4.96. The molecule has 5 nitrogen and oxygen atoms in total. The van der Waals surface area contributed by atoms with Crippen LogP contribution in [0.2, 0.25) is 0 Å². The predicted molar refractivity (Wildman–Crippen MR) is 71.0 cm³/mol. The summed E-state index contributed by atoms with van der Waals surface area (Å²) in [6.07, 6.45) is 4.06. The van der Waals surface area contributed by atoms with Crippen LogP contribution in [0.15, 0.2) is 18.3 Å². The van der Waals surface area contributed by atoms with Crippen molar-refractivity contribution in [2.24, 2.45) is 0 Å². The first-order valence-corrected chi connectivity index (χ1v) is 6.71. The van der Waals surface area contributed by atoms with E-state index in [2.05, 4.69) is 0 Å². The van der Waals surface area contributed by atoms with Crippen molar-refractivity contribution in [1.82, 2.24) is 9.47 Å². The van der Waals surface area contributed by atoms with Crippen LogP contribution in [0, 0.1) is 0 Å². The van der Waals surface area contributed by atoms with Crippen LogP contribution in [0.5, 0.6) is 0 Å². The van der Waals surface area contributed by atoms with Gasteiger partial charge in [0.1, 0.15) is 11.2 Å². The molecule has 2 rings (SSSR count). The zero-order chi connectivity index (χ0) is 14.0. The fourth-order valence-corrected chi connectivity index (χ4v) is 2.69. The number of hydrogen-bond donors (Lipinski definition) is 1. The minimum absolute atomic E-state index is 0.180. The second-order valence-electron chi connectivity index (χ2n) is 5.23. The average molecular weight is 264 g/mol. The summed E-state index contributed by atoms with van der Waals surface area (Å²) in [7, 11) is 0.